The molecule has 0 aliphatic rings. The molecular formula is C83H157N2O7P. The Bertz CT molecular complexity index is 1770. The van der Waals surface area contributed by atoms with Crippen LogP contribution in [0, 0.1) is 0 Å². The van der Waals surface area contributed by atoms with Crippen LogP contribution in [0.25, 0.3) is 0 Å². The summed E-state index contributed by atoms with van der Waals surface area (Å²) in [5.41, 5.74) is 0. The van der Waals surface area contributed by atoms with E-state index in [0.29, 0.717) is 17.4 Å². The van der Waals surface area contributed by atoms with Crippen molar-refractivity contribution in [2.75, 3.05) is 40.9 Å². The second kappa shape index (κ2) is 72.5. The summed E-state index contributed by atoms with van der Waals surface area (Å²) in [5.74, 6) is -0.524. The molecule has 1 N–H and O–H groups in total. The van der Waals surface area contributed by atoms with Crippen molar-refractivity contribution in [3.63, 3.8) is 0 Å². The Hall–Kier alpha value is -2.29. The molecule has 93 heavy (non-hydrogen) atoms. The molecule has 0 spiro atoms. The van der Waals surface area contributed by atoms with E-state index in [1.165, 1.54) is 295 Å². The lowest BCUT2D eigenvalue weighted by atomic mass is 10.0. The summed E-state index contributed by atoms with van der Waals surface area (Å²) in [6.07, 6.45) is 95.1. The molecule has 9 nitrogen and oxygen atoms in total. The van der Waals surface area contributed by atoms with E-state index in [1.54, 1.807) is 0 Å². The fourth-order valence-corrected chi connectivity index (χ4v) is 12.9. The van der Waals surface area contributed by atoms with Crippen molar-refractivity contribution in [1.82, 2.24) is 5.32 Å². The third kappa shape index (κ3) is 73.8. The zero-order valence-corrected chi connectivity index (χ0v) is 63.6. The molecule has 0 radical (unpaired) electrons. The maximum atomic E-state index is 13.7. The Balaban J connectivity index is 4.93. The van der Waals surface area contributed by atoms with Crippen molar-refractivity contribution in [3.05, 3.63) is 60.8 Å². The summed E-state index contributed by atoms with van der Waals surface area (Å²) in [6, 6.07) is -0.890. The van der Waals surface area contributed by atoms with Gasteiger partial charge in [-0.3, -0.25) is 14.2 Å². The van der Waals surface area contributed by atoms with Gasteiger partial charge in [0.05, 0.1) is 33.8 Å². The van der Waals surface area contributed by atoms with Crippen LogP contribution in [-0.4, -0.2) is 69.4 Å². The summed E-state index contributed by atoms with van der Waals surface area (Å²) in [6.45, 7) is 6.89. The number of unbranched alkanes of at least 4 members (excludes halogenated alkanes) is 51. The Kier molecular flexibility index (Phi) is 70.7. The first-order chi connectivity index (χ1) is 45.4. The van der Waals surface area contributed by atoms with E-state index in [1.807, 2.05) is 33.3 Å². The molecule has 0 bridgehead atoms. The van der Waals surface area contributed by atoms with E-state index in [9.17, 15) is 19.0 Å². The van der Waals surface area contributed by atoms with Crippen LogP contribution in [0.3, 0.4) is 0 Å². The first-order valence-corrected chi connectivity index (χ1v) is 42.1. The van der Waals surface area contributed by atoms with Crippen molar-refractivity contribution in [1.29, 1.82) is 0 Å². The van der Waals surface area contributed by atoms with Crippen LogP contribution in [0.4, 0.5) is 0 Å². The monoisotopic (exact) mass is 1330 g/mol. The molecular weight excluding hydrogens is 1170 g/mol. The number of carbonyl (C=O) groups is 2. The molecule has 1 amide bonds. The first-order valence-electron chi connectivity index (χ1n) is 40.6. The van der Waals surface area contributed by atoms with Gasteiger partial charge in [-0.1, -0.05) is 377 Å². The summed E-state index contributed by atoms with van der Waals surface area (Å²) in [5, 5.41) is 3.06. The highest BCUT2D eigenvalue weighted by Crippen LogP contribution is 2.38. The minimum atomic E-state index is -4.71. The lowest BCUT2D eigenvalue weighted by molar-refractivity contribution is -0.870. The molecule has 546 valence electrons. The average Bonchev–Trinajstić information content (AvgIpc) is 2.15. The summed E-state index contributed by atoms with van der Waals surface area (Å²) in [4.78, 5) is 40.4. The van der Waals surface area contributed by atoms with Crippen LogP contribution in [0.1, 0.15) is 406 Å². The number of esters is 1. The largest absolute Gasteiger partial charge is 0.756 e. The van der Waals surface area contributed by atoms with Crippen molar-refractivity contribution >= 4 is 19.7 Å². The second-order valence-corrected chi connectivity index (χ2v) is 30.3. The molecule has 3 unspecified atom stereocenters. The molecule has 0 heterocycles. The Morgan fingerprint density at radius 1 is 0.376 bits per heavy atom. The Morgan fingerprint density at radius 2 is 0.656 bits per heavy atom. The van der Waals surface area contributed by atoms with Gasteiger partial charge in [-0.25, -0.2) is 0 Å². The van der Waals surface area contributed by atoms with Crippen LogP contribution in [0.15, 0.2) is 60.8 Å². The number of phosphoric ester groups is 1. The van der Waals surface area contributed by atoms with Crippen LogP contribution in [0.5, 0.6) is 0 Å². The van der Waals surface area contributed by atoms with E-state index < -0.39 is 20.0 Å². The van der Waals surface area contributed by atoms with Crippen molar-refractivity contribution in [3.8, 4) is 0 Å². The van der Waals surface area contributed by atoms with Crippen LogP contribution < -0.4 is 10.2 Å². The highest BCUT2D eigenvalue weighted by atomic mass is 31.2. The SMILES string of the molecule is CCCCC/C=C\C/C=C\C/C=C\C/C=C\CCCCCCCCCCCCCC(=O)OC(/C=C/CCCCCCCCCCCCC)C(COP(=O)([O-])OCC[N+](C)(C)C)NC(=O)CCCCCCCCCCCCCCCCCCCCCCCCCCCCC. The zero-order chi connectivity index (χ0) is 67.8. The van der Waals surface area contributed by atoms with Crippen molar-refractivity contribution < 1.29 is 37.3 Å². The maximum Gasteiger partial charge on any atom is 0.306 e. The normalized spacial score (nSPS) is 13.7. The molecule has 3 atom stereocenters. The number of carbonyl (C=O) groups excluding carboxylic acids is 2. The molecule has 0 aromatic heterocycles. The number of rotatable bonds is 75. The van der Waals surface area contributed by atoms with Crippen LogP contribution in [-0.2, 0) is 27.9 Å². The number of likely N-dealkylation sites (N-methyl/N-ethyl adjacent to an activating group) is 1. The predicted molar refractivity (Wildman–Crippen MR) is 404 cm³/mol. The molecule has 0 saturated carbocycles. The van der Waals surface area contributed by atoms with Gasteiger partial charge in [-0.2, -0.15) is 0 Å². The second-order valence-electron chi connectivity index (χ2n) is 28.9. The number of quaternary nitrogens is 1. The number of nitrogens with one attached hydrogen (secondary N) is 1. The van der Waals surface area contributed by atoms with E-state index in [4.69, 9.17) is 13.8 Å². The number of hydrogen-bond acceptors (Lipinski definition) is 7. The Labute approximate surface area is 579 Å². The van der Waals surface area contributed by atoms with Gasteiger partial charge in [0.1, 0.15) is 19.3 Å². The third-order valence-electron chi connectivity index (χ3n) is 18.5. The molecule has 0 aliphatic carbocycles. The summed E-state index contributed by atoms with van der Waals surface area (Å²) >= 11 is 0. The summed E-state index contributed by atoms with van der Waals surface area (Å²) in [7, 11) is 1.20. The van der Waals surface area contributed by atoms with Gasteiger partial charge in [-0.05, 0) is 76.7 Å². The van der Waals surface area contributed by atoms with E-state index >= 15 is 0 Å². The van der Waals surface area contributed by atoms with Crippen molar-refractivity contribution in [2.45, 2.75) is 418 Å². The number of hydrogen-bond donors (Lipinski definition) is 1. The molecule has 0 aromatic rings. The number of ether oxygens (including phenoxy) is 1. The number of allylic oxidation sites excluding steroid dienone is 9. The standard InChI is InChI=1S/C83H157N2O7P/c1-7-10-13-16-19-22-25-28-30-32-34-36-38-40-42-44-46-48-50-52-54-57-60-63-66-69-72-75-82(86)84-80(79-91-93(88,89)90-78-77-85(4,5)6)81(74-71-68-65-62-59-56-27-24-21-18-15-12-9-3)92-83(87)76-73-70-67-64-61-58-55-53-51-49-47-45-43-41-39-37-35-33-31-29-26-23-20-17-14-11-8-2/h20,23,29,31,35,37,41,43,71,74,80-81H,7-19,21-22,24-28,30,32-34,36,38-40,42,44-70,72-73,75-79H2,1-6H3,(H-,84,86,88,89)/b23-20-,31-29-,37-35-,43-41-,74-71+. The van der Waals surface area contributed by atoms with Gasteiger partial charge in [0.2, 0.25) is 5.91 Å². The van der Waals surface area contributed by atoms with Crippen LogP contribution >= 0.6 is 7.82 Å². The van der Waals surface area contributed by atoms with Crippen molar-refractivity contribution in [2.24, 2.45) is 0 Å². The van der Waals surface area contributed by atoms with Gasteiger partial charge in [-0.15, -0.1) is 0 Å². The van der Waals surface area contributed by atoms with Gasteiger partial charge in [0.15, 0.2) is 0 Å². The minimum absolute atomic E-state index is 0.0213. The fourth-order valence-electron chi connectivity index (χ4n) is 12.2. The molecule has 0 saturated heterocycles. The zero-order valence-electron chi connectivity index (χ0n) is 62.7. The van der Waals surface area contributed by atoms with Gasteiger partial charge >= 0.3 is 5.97 Å². The number of amides is 1. The highest BCUT2D eigenvalue weighted by Gasteiger charge is 2.27. The summed E-state index contributed by atoms with van der Waals surface area (Å²) < 4.78 is 30.6. The Morgan fingerprint density at radius 3 is 1.00 bits per heavy atom. The first kappa shape index (κ1) is 90.7. The average molecular weight is 1330 g/mol. The van der Waals surface area contributed by atoms with Crippen LogP contribution in [0.2, 0.25) is 0 Å². The highest BCUT2D eigenvalue weighted by molar-refractivity contribution is 7.45. The molecule has 10 heteroatoms. The predicted octanol–water partition coefficient (Wildman–Crippen LogP) is 25.8. The lowest BCUT2D eigenvalue weighted by Gasteiger charge is -2.30. The minimum Gasteiger partial charge on any atom is -0.756 e. The fraction of sp³-hybridized carbons (Fsp3) is 0.855. The maximum absolute atomic E-state index is 13.7. The molecule has 0 aliphatic heterocycles. The molecule has 0 aromatic carbocycles. The van der Waals surface area contributed by atoms with E-state index in [-0.39, 0.29) is 31.5 Å². The third-order valence-corrected chi connectivity index (χ3v) is 19.4. The topological polar surface area (TPSA) is 114 Å². The van der Waals surface area contributed by atoms with Gasteiger partial charge in [0, 0.05) is 12.8 Å². The molecule has 0 rings (SSSR count). The molecule has 0 fully saturated rings. The van der Waals surface area contributed by atoms with E-state index in [0.717, 1.165) is 77.0 Å². The quantitative estimate of drug-likeness (QED) is 0.0212. The smallest absolute Gasteiger partial charge is 0.306 e. The van der Waals surface area contributed by atoms with Gasteiger partial charge in [0.25, 0.3) is 7.82 Å². The van der Waals surface area contributed by atoms with E-state index in [2.05, 4.69) is 74.7 Å². The van der Waals surface area contributed by atoms with Gasteiger partial charge < -0.3 is 28.5 Å². The number of phosphoric acid groups is 1. The number of nitrogens with zero attached hydrogens (tertiary/aromatic N) is 1. The lowest BCUT2D eigenvalue weighted by Crippen LogP contribution is -2.47.